The van der Waals surface area contributed by atoms with Crippen molar-refractivity contribution in [3.05, 3.63) is 23.8 Å². The Hall–Kier alpha value is -2.97. The van der Waals surface area contributed by atoms with E-state index in [4.69, 9.17) is 18.7 Å². The summed E-state index contributed by atoms with van der Waals surface area (Å²) in [5.41, 5.74) is 0.523. The minimum atomic E-state index is -0.244. The molecule has 0 saturated carbocycles. The van der Waals surface area contributed by atoms with Gasteiger partial charge in [0, 0.05) is 24.6 Å². The first kappa shape index (κ1) is 18.4. The molecule has 1 aromatic carbocycles. The number of piperidine rings is 1. The zero-order valence-corrected chi connectivity index (χ0v) is 16.2. The molecule has 1 saturated heterocycles. The van der Waals surface area contributed by atoms with Crippen molar-refractivity contribution in [3.8, 4) is 17.2 Å². The van der Waals surface area contributed by atoms with Crippen LogP contribution in [0.25, 0.3) is 0 Å². The van der Waals surface area contributed by atoms with Gasteiger partial charge >= 0.3 is 6.03 Å². The number of nitrogens with zero attached hydrogens (tertiary/aromatic N) is 3. The molecule has 0 unspecified atom stereocenters. The molecule has 0 aliphatic carbocycles. The fourth-order valence-electron chi connectivity index (χ4n) is 3.43. The standard InChI is InChI=1S/C19H24N4O5/c1-11(2)17-21-18(28-22-17)13-6-4-5-7-23(13)19(24)20-12-8-15-16(27-10-26-15)9-14(12)25-3/h8-9,11,13H,4-7,10H2,1-3H3,(H,20,24)/t13-/m1/s1. The van der Waals surface area contributed by atoms with Crippen molar-refractivity contribution in [1.29, 1.82) is 0 Å². The van der Waals surface area contributed by atoms with Crippen molar-refractivity contribution in [2.24, 2.45) is 0 Å². The van der Waals surface area contributed by atoms with Gasteiger partial charge in [-0.15, -0.1) is 0 Å². The molecule has 1 aromatic heterocycles. The number of anilines is 1. The molecule has 9 nitrogen and oxygen atoms in total. The SMILES string of the molecule is COc1cc2c(cc1NC(=O)N1CCCC[C@@H]1c1nc(C(C)C)no1)OCO2. The number of carbonyl (C=O) groups is 1. The number of amides is 2. The zero-order valence-electron chi connectivity index (χ0n) is 16.2. The highest BCUT2D eigenvalue weighted by Crippen LogP contribution is 2.41. The number of likely N-dealkylation sites (tertiary alicyclic amines) is 1. The third-order valence-electron chi connectivity index (χ3n) is 4.96. The largest absolute Gasteiger partial charge is 0.494 e. The van der Waals surface area contributed by atoms with Gasteiger partial charge in [0.1, 0.15) is 11.8 Å². The second kappa shape index (κ2) is 7.57. The molecule has 0 spiro atoms. The topological polar surface area (TPSA) is 99.0 Å². The summed E-state index contributed by atoms with van der Waals surface area (Å²) in [7, 11) is 1.54. The normalized spacial score (nSPS) is 18.4. The fraction of sp³-hybridized carbons (Fsp3) is 0.526. The number of rotatable bonds is 4. The van der Waals surface area contributed by atoms with E-state index in [-0.39, 0.29) is 24.8 Å². The van der Waals surface area contributed by atoms with Gasteiger partial charge < -0.3 is 29.0 Å². The van der Waals surface area contributed by atoms with Crippen LogP contribution in [0, 0.1) is 0 Å². The fourth-order valence-corrected chi connectivity index (χ4v) is 3.43. The summed E-state index contributed by atoms with van der Waals surface area (Å²) >= 11 is 0. The summed E-state index contributed by atoms with van der Waals surface area (Å²) in [6.07, 6.45) is 2.71. The van der Waals surface area contributed by atoms with E-state index in [1.165, 1.54) is 0 Å². The number of aromatic nitrogens is 2. The van der Waals surface area contributed by atoms with E-state index < -0.39 is 0 Å². The number of benzene rings is 1. The molecule has 3 heterocycles. The molecule has 2 aromatic rings. The maximum absolute atomic E-state index is 13.1. The van der Waals surface area contributed by atoms with Gasteiger partial charge in [-0.25, -0.2) is 4.79 Å². The van der Waals surface area contributed by atoms with Crippen molar-refractivity contribution in [1.82, 2.24) is 15.0 Å². The molecule has 0 bridgehead atoms. The molecule has 1 N–H and O–H groups in total. The second-order valence-corrected chi connectivity index (χ2v) is 7.19. The third-order valence-corrected chi connectivity index (χ3v) is 4.96. The van der Waals surface area contributed by atoms with Crippen molar-refractivity contribution in [2.75, 3.05) is 25.8 Å². The van der Waals surface area contributed by atoms with Crippen LogP contribution in [0.2, 0.25) is 0 Å². The Bertz CT molecular complexity index is 866. The Labute approximate surface area is 162 Å². The number of methoxy groups -OCH3 is 1. The average Bonchev–Trinajstić information content (AvgIpc) is 3.36. The number of hydrogen-bond donors (Lipinski definition) is 1. The zero-order chi connectivity index (χ0) is 19.7. The van der Waals surface area contributed by atoms with Gasteiger partial charge in [0.15, 0.2) is 17.3 Å². The first-order chi connectivity index (χ1) is 13.6. The summed E-state index contributed by atoms with van der Waals surface area (Å²) in [4.78, 5) is 19.3. The maximum atomic E-state index is 13.1. The van der Waals surface area contributed by atoms with E-state index in [2.05, 4.69) is 15.5 Å². The minimum Gasteiger partial charge on any atom is -0.494 e. The summed E-state index contributed by atoms with van der Waals surface area (Å²) in [6, 6.07) is 2.93. The van der Waals surface area contributed by atoms with Crippen molar-refractivity contribution < 1.29 is 23.5 Å². The molecule has 28 heavy (non-hydrogen) atoms. The lowest BCUT2D eigenvalue weighted by Gasteiger charge is -2.33. The van der Waals surface area contributed by atoms with Crippen molar-refractivity contribution in [2.45, 2.75) is 45.1 Å². The van der Waals surface area contributed by atoms with Crippen LogP contribution in [0.15, 0.2) is 16.7 Å². The molecule has 0 radical (unpaired) electrons. The van der Waals surface area contributed by atoms with Crippen LogP contribution in [0.1, 0.15) is 56.8 Å². The Balaban J connectivity index is 1.56. The molecule has 150 valence electrons. The molecule has 9 heteroatoms. The summed E-state index contributed by atoms with van der Waals surface area (Å²) in [5.74, 6) is 2.98. The van der Waals surface area contributed by atoms with Crippen LogP contribution >= 0.6 is 0 Å². The van der Waals surface area contributed by atoms with Crippen LogP contribution in [0.4, 0.5) is 10.5 Å². The minimum absolute atomic E-state index is 0.152. The molecular weight excluding hydrogens is 364 g/mol. The van der Waals surface area contributed by atoms with E-state index in [1.54, 1.807) is 24.1 Å². The monoisotopic (exact) mass is 388 g/mol. The van der Waals surface area contributed by atoms with Crippen LogP contribution < -0.4 is 19.5 Å². The van der Waals surface area contributed by atoms with Gasteiger partial charge in [-0.05, 0) is 19.3 Å². The predicted molar refractivity (Wildman–Crippen MR) is 99.8 cm³/mol. The maximum Gasteiger partial charge on any atom is 0.322 e. The molecule has 4 rings (SSSR count). The van der Waals surface area contributed by atoms with Crippen LogP contribution in [0.3, 0.4) is 0 Å². The van der Waals surface area contributed by atoms with Crippen LogP contribution in [-0.2, 0) is 0 Å². The van der Waals surface area contributed by atoms with E-state index in [9.17, 15) is 4.79 Å². The number of carbonyl (C=O) groups excluding carboxylic acids is 1. The van der Waals surface area contributed by atoms with E-state index >= 15 is 0 Å². The summed E-state index contributed by atoms with van der Waals surface area (Å²) in [5, 5.41) is 6.97. The molecule has 1 atom stereocenters. The smallest absolute Gasteiger partial charge is 0.322 e. The van der Waals surface area contributed by atoms with Gasteiger partial charge in [0.2, 0.25) is 12.7 Å². The number of hydrogen-bond acceptors (Lipinski definition) is 7. The molecule has 1 fully saturated rings. The van der Waals surface area contributed by atoms with Crippen LogP contribution in [-0.4, -0.2) is 41.5 Å². The van der Waals surface area contributed by atoms with Crippen molar-refractivity contribution in [3.63, 3.8) is 0 Å². The Kier molecular flexibility index (Phi) is 4.97. The molecule has 2 amide bonds. The number of ether oxygens (including phenoxy) is 3. The van der Waals surface area contributed by atoms with E-state index in [0.29, 0.717) is 41.2 Å². The first-order valence-corrected chi connectivity index (χ1v) is 9.45. The number of urea groups is 1. The lowest BCUT2D eigenvalue weighted by atomic mass is 10.0. The third kappa shape index (κ3) is 3.44. The Morgan fingerprint density at radius 3 is 2.79 bits per heavy atom. The summed E-state index contributed by atoms with van der Waals surface area (Å²) < 4.78 is 21.6. The first-order valence-electron chi connectivity index (χ1n) is 9.45. The van der Waals surface area contributed by atoms with Gasteiger partial charge in [0.05, 0.1) is 12.8 Å². The number of fused-ring (bicyclic) bond motifs is 1. The highest BCUT2D eigenvalue weighted by Gasteiger charge is 2.33. The Morgan fingerprint density at radius 1 is 1.29 bits per heavy atom. The van der Waals surface area contributed by atoms with Crippen LogP contribution in [0.5, 0.6) is 17.2 Å². The number of nitrogens with one attached hydrogen (secondary N) is 1. The van der Waals surface area contributed by atoms with Gasteiger partial charge in [0.25, 0.3) is 0 Å². The van der Waals surface area contributed by atoms with Gasteiger partial charge in [-0.2, -0.15) is 4.98 Å². The molecule has 2 aliphatic heterocycles. The summed E-state index contributed by atoms with van der Waals surface area (Å²) in [6.45, 7) is 4.78. The Morgan fingerprint density at radius 2 is 2.07 bits per heavy atom. The molecular formula is C19H24N4O5. The highest BCUT2D eigenvalue weighted by molar-refractivity contribution is 5.92. The molecule has 2 aliphatic rings. The average molecular weight is 388 g/mol. The quantitative estimate of drug-likeness (QED) is 0.853. The van der Waals surface area contributed by atoms with E-state index in [0.717, 1.165) is 19.3 Å². The van der Waals surface area contributed by atoms with E-state index in [1.807, 2.05) is 13.8 Å². The lowest BCUT2D eigenvalue weighted by Crippen LogP contribution is -2.41. The van der Waals surface area contributed by atoms with Gasteiger partial charge in [-0.1, -0.05) is 19.0 Å². The van der Waals surface area contributed by atoms with Gasteiger partial charge in [-0.3, -0.25) is 0 Å². The lowest BCUT2D eigenvalue weighted by molar-refractivity contribution is 0.142. The second-order valence-electron chi connectivity index (χ2n) is 7.19. The highest BCUT2D eigenvalue weighted by atomic mass is 16.7. The predicted octanol–water partition coefficient (Wildman–Crippen LogP) is 3.69. The van der Waals surface area contributed by atoms with Crippen molar-refractivity contribution >= 4 is 11.7 Å².